The van der Waals surface area contributed by atoms with Crippen LogP contribution in [-0.2, 0) is 17.8 Å². The van der Waals surface area contributed by atoms with Gasteiger partial charge in [0.25, 0.3) is 5.89 Å². The van der Waals surface area contributed by atoms with Crippen molar-refractivity contribution in [2.75, 3.05) is 13.1 Å². The highest BCUT2D eigenvalue weighted by molar-refractivity contribution is 5.85. The summed E-state index contributed by atoms with van der Waals surface area (Å²) < 4.78 is 10.6. The van der Waals surface area contributed by atoms with Crippen LogP contribution in [0.4, 0.5) is 0 Å². The van der Waals surface area contributed by atoms with Gasteiger partial charge in [-0.25, -0.2) is 0 Å². The molecule has 0 unspecified atom stereocenters. The molecule has 16 heavy (non-hydrogen) atoms. The van der Waals surface area contributed by atoms with E-state index in [2.05, 4.69) is 15.5 Å². The van der Waals surface area contributed by atoms with Crippen LogP contribution in [0.15, 0.2) is 4.52 Å². The van der Waals surface area contributed by atoms with Gasteiger partial charge < -0.3 is 14.6 Å². The average Bonchev–Trinajstić information content (AvgIpc) is 2.84. The zero-order valence-corrected chi connectivity index (χ0v) is 9.83. The molecular weight excluding hydrogens is 230 g/mol. The lowest BCUT2D eigenvalue weighted by atomic mass is 10.2. The fourth-order valence-electron chi connectivity index (χ4n) is 1.58. The normalized spacial score (nSPS) is 20.2. The Morgan fingerprint density at radius 1 is 1.38 bits per heavy atom. The summed E-state index contributed by atoms with van der Waals surface area (Å²) in [5.74, 6) is 2.24. The third-order valence-corrected chi connectivity index (χ3v) is 2.86. The molecule has 90 valence electrons. The lowest BCUT2D eigenvalue weighted by Gasteiger charge is -2.26. The molecule has 3 rings (SSSR count). The van der Waals surface area contributed by atoms with Crippen molar-refractivity contribution in [2.45, 2.75) is 32.0 Å². The molecule has 1 N–H and O–H groups in total. The highest BCUT2D eigenvalue weighted by Gasteiger charge is 2.24. The van der Waals surface area contributed by atoms with Crippen LogP contribution < -0.4 is 5.32 Å². The van der Waals surface area contributed by atoms with E-state index in [4.69, 9.17) is 9.26 Å². The quantitative estimate of drug-likeness (QED) is 0.837. The van der Waals surface area contributed by atoms with Crippen molar-refractivity contribution < 1.29 is 9.26 Å². The van der Waals surface area contributed by atoms with E-state index >= 15 is 0 Å². The van der Waals surface area contributed by atoms with Gasteiger partial charge in [0, 0.05) is 19.5 Å². The molecule has 1 aliphatic heterocycles. The summed E-state index contributed by atoms with van der Waals surface area (Å²) in [5, 5.41) is 7.08. The molecule has 0 bridgehead atoms. The van der Waals surface area contributed by atoms with Crippen LogP contribution in [0.5, 0.6) is 0 Å². The Hall–Kier alpha value is -0.650. The molecule has 1 saturated heterocycles. The monoisotopic (exact) mass is 245 g/mol. The fourth-order valence-corrected chi connectivity index (χ4v) is 1.58. The molecule has 2 aliphatic rings. The van der Waals surface area contributed by atoms with Crippen LogP contribution in [0, 0.1) is 5.92 Å². The number of halogens is 1. The Bertz CT molecular complexity index is 337. The third-order valence-electron chi connectivity index (χ3n) is 2.86. The maximum atomic E-state index is 5.54. The second-order valence-corrected chi connectivity index (χ2v) is 4.34. The minimum Gasteiger partial charge on any atom is -0.366 e. The summed E-state index contributed by atoms with van der Waals surface area (Å²) in [6.45, 7) is 2.32. The van der Waals surface area contributed by atoms with E-state index < -0.39 is 0 Å². The smallest absolute Gasteiger partial charge is 0.252 e. The first-order valence-corrected chi connectivity index (χ1v) is 5.54. The predicted molar refractivity (Wildman–Crippen MR) is 59.4 cm³/mol. The van der Waals surface area contributed by atoms with E-state index in [9.17, 15) is 0 Å². The molecule has 0 amide bonds. The largest absolute Gasteiger partial charge is 0.366 e. The molecule has 2 fully saturated rings. The van der Waals surface area contributed by atoms with Crippen molar-refractivity contribution >= 4 is 12.4 Å². The van der Waals surface area contributed by atoms with Gasteiger partial charge in [-0.15, -0.1) is 12.4 Å². The standard InChI is InChI=1S/C10H15N3O2.ClH/c1-2-7(1)3-9-12-10(15-13-9)6-14-8-4-11-5-8;/h7-8,11H,1-6H2;1H. The van der Waals surface area contributed by atoms with Gasteiger partial charge in [-0.3, -0.25) is 0 Å². The van der Waals surface area contributed by atoms with E-state index in [0.717, 1.165) is 31.3 Å². The molecule has 0 spiro atoms. The lowest BCUT2D eigenvalue weighted by molar-refractivity contribution is -0.00397. The molecular formula is C10H16ClN3O2. The first-order valence-electron chi connectivity index (χ1n) is 5.54. The van der Waals surface area contributed by atoms with Gasteiger partial charge in [0.2, 0.25) is 0 Å². The van der Waals surface area contributed by atoms with Gasteiger partial charge in [-0.2, -0.15) is 4.98 Å². The van der Waals surface area contributed by atoms with Crippen LogP contribution in [0.2, 0.25) is 0 Å². The molecule has 5 nitrogen and oxygen atoms in total. The Labute approximate surface area is 100 Å². The van der Waals surface area contributed by atoms with Crippen molar-refractivity contribution in [3.05, 3.63) is 11.7 Å². The maximum absolute atomic E-state index is 5.54. The molecule has 1 saturated carbocycles. The topological polar surface area (TPSA) is 60.2 Å². The second kappa shape index (κ2) is 5.12. The summed E-state index contributed by atoms with van der Waals surface area (Å²) in [4.78, 5) is 4.30. The van der Waals surface area contributed by atoms with E-state index in [1.54, 1.807) is 0 Å². The molecule has 6 heteroatoms. The summed E-state index contributed by atoms with van der Waals surface area (Å²) in [6, 6.07) is 0. The van der Waals surface area contributed by atoms with Crippen molar-refractivity contribution in [3.63, 3.8) is 0 Å². The Balaban J connectivity index is 0.000000963. The van der Waals surface area contributed by atoms with E-state index in [1.807, 2.05) is 0 Å². The maximum Gasteiger partial charge on any atom is 0.252 e. The van der Waals surface area contributed by atoms with Crippen LogP contribution in [0.1, 0.15) is 24.6 Å². The zero-order chi connectivity index (χ0) is 10.1. The number of nitrogens with zero attached hydrogens (tertiary/aromatic N) is 2. The fraction of sp³-hybridized carbons (Fsp3) is 0.800. The summed E-state index contributed by atoms with van der Waals surface area (Å²) in [5.41, 5.74) is 0. The number of ether oxygens (including phenoxy) is 1. The van der Waals surface area contributed by atoms with Gasteiger partial charge >= 0.3 is 0 Å². The van der Waals surface area contributed by atoms with E-state index in [0.29, 0.717) is 18.6 Å². The summed E-state index contributed by atoms with van der Waals surface area (Å²) >= 11 is 0. The number of hydrogen-bond donors (Lipinski definition) is 1. The minimum atomic E-state index is 0. The van der Waals surface area contributed by atoms with Crippen molar-refractivity contribution in [1.82, 2.24) is 15.5 Å². The number of rotatable bonds is 5. The lowest BCUT2D eigenvalue weighted by Crippen LogP contribution is -2.48. The highest BCUT2D eigenvalue weighted by Crippen LogP contribution is 2.31. The Morgan fingerprint density at radius 3 is 2.81 bits per heavy atom. The van der Waals surface area contributed by atoms with Crippen LogP contribution in [0.25, 0.3) is 0 Å². The van der Waals surface area contributed by atoms with Crippen molar-refractivity contribution in [1.29, 1.82) is 0 Å². The summed E-state index contributed by atoms with van der Waals surface area (Å²) in [6.07, 6.45) is 3.92. The molecule has 2 heterocycles. The highest BCUT2D eigenvalue weighted by atomic mass is 35.5. The number of nitrogens with one attached hydrogen (secondary N) is 1. The molecule has 1 aromatic rings. The van der Waals surface area contributed by atoms with E-state index in [1.165, 1.54) is 12.8 Å². The number of hydrogen-bond acceptors (Lipinski definition) is 5. The van der Waals surface area contributed by atoms with E-state index in [-0.39, 0.29) is 12.4 Å². The van der Waals surface area contributed by atoms with Gasteiger partial charge in [-0.05, 0) is 18.8 Å². The first-order chi connectivity index (χ1) is 7.40. The van der Waals surface area contributed by atoms with Gasteiger partial charge in [-0.1, -0.05) is 5.16 Å². The Morgan fingerprint density at radius 2 is 2.19 bits per heavy atom. The van der Waals surface area contributed by atoms with Crippen molar-refractivity contribution in [3.8, 4) is 0 Å². The van der Waals surface area contributed by atoms with Gasteiger partial charge in [0.1, 0.15) is 6.61 Å². The molecule has 1 aliphatic carbocycles. The van der Waals surface area contributed by atoms with Crippen LogP contribution >= 0.6 is 12.4 Å². The average molecular weight is 246 g/mol. The Kier molecular flexibility index (Phi) is 3.78. The zero-order valence-electron chi connectivity index (χ0n) is 9.02. The van der Waals surface area contributed by atoms with Crippen molar-refractivity contribution in [2.24, 2.45) is 5.92 Å². The third kappa shape index (κ3) is 2.93. The molecule has 0 atom stereocenters. The summed E-state index contributed by atoms with van der Waals surface area (Å²) in [7, 11) is 0. The predicted octanol–water partition coefficient (Wildman–Crippen LogP) is 0.932. The van der Waals surface area contributed by atoms with Crippen LogP contribution in [0.3, 0.4) is 0 Å². The van der Waals surface area contributed by atoms with Crippen LogP contribution in [-0.4, -0.2) is 29.3 Å². The minimum absolute atomic E-state index is 0. The molecule has 0 aromatic carbocycles. The molecule has 0 radical (unpaired) electrons. The SMILES string of the molecule is C(OC1CNC1)c1nc(CC2CC2)no1.Cl. The van der Waals surface area contributed by atoms with Gasteiger partial charge in [0.15, 0.2) is 5.82 Å². The molecule has 1 aromatic heterocycles. The number of aromatic nitrogens is 2. The first kappa shape index (κ1) is 11.8. The second-order valence-electron chi connectivity index (χ2n) is 4.34. The van der Waals surface area contributed by atoms with Gasteiger partial charge in [0.05, 0.1) is 6.10 Å².